The minimum atomic E-state index is -4.12. The molecule has 18 heavy (non-hydrogen) atoms. The number of nitrogens with zero attached hydrogens (tertiary/aromatic N) is 2. The Hall–Kier alpha value is -2.16. The molecule has 9 heteroatoms. The first-order chi connectivity index (χ1) is 8.38. The summed E-state index contributed by atoms with van der Waals surface area (Å²) in [4.78, 5) is -0.549. The summed E-state index contributed by atoms with van der Waals surface area (Å²) in [5.74, 6) is -0.774. The van der Waals surface area contributed by atoms with Crippen molar-refractivity contribution in [2.24, 2.45) is 0 Å². The molecular weight excluding hydrogens is 263 g/mol. The Morgan fingerprint density at radius 1 is 1.39 bits per heavy atom. The van der Waals surface area contributed by atoms with E-state index in [0.717, 1.165) is 12.1 Å². The van der Waals surface area contributed by atoms with E-state index in [1.807, 2.05) is 4.72 Å². The van der Waals surface area contributed by atoms with Crippen molar-refractivity contribution < 1.29 is 17.2 Å². The van der Waals surface area contributed by atoms with E-state index in [1.54, 1.807) is 0 Å². The Labute approximate surface area is 102 Å². The first-order valence-corrected chi connectivity index (χ1v) is 6.25. The van der Waals surface area contributed by atoms with E-state index in [4.69, 9.17) is 10.2 Å². The summed E-state index contributed by atoms with van der Waals surface area (Å²) in [6.45, 7) is 1.49. The molecule has 7 nitrogen and oxygen atoms in total. The zero-order chi connectivity index (χ0) is 13.3. The quantitative estimate of drug-likeness (QED) is 0.803. The maximum absolute atomic E-state index is 13.5. The molecule has 96 valence electrons. The Balaban J connectivity index is 2.36. The van der Waals surface area contributed by atoms with Crippen LogP contribution in [0.2, 0.25) is 0 Å². The van der Waals surface area contributed by atoms with E-state index in [0.29, 0.717) is 0 Å². The van der Waals surface area contributed by atoms with Crippen molar-refractivity contribution >= 4 is 21.7 Å². The molecule has 2 aromatic rings. The average molecular weight is 272 g/mol. The van der Waals surface area contributed by atoms with Crippen LogP contribution >= 0.6 is 0 Å². The van der Waals surface area contributed by atoms with Crippen LogP contribution in [0.4, 0.5) is 16.1 Å². The first kappa shape index (κ1) is 12.3. The van der Waals surface area contributed by atoms with Crippen LogP contribution in [0, 0.1) is 12.7 Å². The number of hydrogen-bond donors (Lipinski definition) is 2. The highest BCUT2D eigenvalue weighted by Gasteiger charge is 2.21. The average Bonchev–Trinajstić information content (AvgIpc) is 2.62. The number of sulfonamides is 1. The second kappa shape index (κ2) is 4.26. The molecule has 0 aliphatic heterocycles. The van der Waals surface area contributed by atoms with Gasteiger partial charge in [-0.25, -0.2) is 17.5 Å². The molecule has 0 unspecified atom stereocenters. The minimum Gasteiger partial charge on any atom is -0.408 e. The van der Waals surface area contributed by atoms with Crippen LogP contribution in [0.15, 0.2) is 27.5 Å². The fourth-order valence-electron chi connectivity index (χ4n) is 1.24. The molecule has 3 N–H and O–H groups in total. The lowest BCUT2D eigenvalue weighted by Crippen LogP contribution is -2.15. The lowest BCUT2D eigenvalue weighted by molar-refractivity contribution is 0.533. The highest BCUT2D eigenvalue weighted by Crippen LogP contribution is 2.19. The molecule has 1 aromatic carbocycles. The van der Waals surface area contributed by atoms with Crippen molar-refractivity contribution in [3.05, 3.63) is 29.9 Å². The number of rotatable bonds is 3. The molecule has 0 atom stereocenters. The second-order valence-corrected chi connectivity index (χ2v) is 5.07. The van der Waals surface area contributed by atoms with Crippen LogP contribution in [0.25, 0.3) is 0 Å². The smallest absolute Gasteiger partial charge is 0.329 e. The van der Waals surface area contributed by atoms with Crippen molar-refractivity contribution in [3.63, 3.8) is 0 Å². The van der Waals surface area contributed by atoms with E-state index < -0.39 is 20.7 Å². The van der Waals surface area contributed by atoms with Crippen LogP contribution < -0.4 is 10.5 Å². The van der Waals surface area contributed by atoms with Gasteiger partial charge in [-0.2, -0.15) is 0 Å². The van der Waals surface area contributed by atoms with Crippen molar-refractivity contribution in [3.8, 4) is 0 Å². The Morgan fingerprint density at radius 2 is 2.11 bits per heavy atom. The van der Waals surface area contributed by atoms with Crippen LogP contribution in [-0.4, -0.2) is 18.6 Å². The summed E-state index contributed by atoms with van der Waals surface area (Å²) in [5, 5.41) is 6.89. The Kier molecular flexibility index (Phi) is 2.91. The van der Waals surface area contributed by atoms with Gasteiger partial charge in [-0.1, -0.05) is 5.10 Å². The maximum atomic E-state index is 13.5. The number of hydrogen-bond acceptors (Lipinski definition) is 6. The number of aromatic nitrogens is 2. The van der Waals surface area contributed by atoms with E-state index in [1.165, 1.54) is 13.0 Å². The molecule has 1 aromatic heterocycles. The van der Waals surface area contributed by atoms with Gasteiger partial charge in [0, 0.05) is 12.6 Å². The van der Waals surface area contributed by atoms with Gasteiger partial charge in [0.1, 0.15) is 10.7 Å². The molecule has 0 saturated carbocycles. The van der Waals surface area contributed by atoms with Crippen LogP contribution in [-0.2, 0) is 10.0 Å². The number of halogens is 1. The third-order valence-electron chi connectivity index (χ3n) is 1.99. The molecule has 0 aliphatic carbocycles. The number of nitrogens with two attached hydrogens (primary N) is 1. The summed E-state index contributed by atoms with van der Waals surface area (Å²) >= 11 is 0. The van der Waals surface area contributed by atoms with Gasteiger partial charge in [0.05, 0.1) is 0 Å². The molecule has 0 amide bonds. The molecule has 0 aliphatic rings. The van der Waals surface area contributed by atoms with Gasteiger partial charge in [-0.3, -0.25) is 0 Å². The molecule has 0 fully saturated rings. The van der Waals surface area contributed by atoms with Crippen molar-refractivity contribution in [2.75, 3.05) is 10.5 Å². The number of aryl methyl sites for hydroxylation is 1. The van der Waals surface area contributed by atoms with Crippen molar-refractivity contribution in [1.29, 1.82) is 0 Å². The van der Waals surface area contributed by atoms with Crippen LogP contribution in [0.5, 0.6) is 0 Å². The minimum absolute atomic E-state index is 0.125. The summed E-state index contributed by atoms with van der Waals surface area (Å²) in [6.07, 6.45) is 0. The predicted molar refractivity (Wildman–Crippen MR) is 60.7 cm³/mol. The maximum Gasteiger partial charge on any atom is 0.329 e. The Morgan fingerprint density at radius 3 is 2.67 bits per heavy atom. The van der Waals surface area contributed by atoms with Crippen molar-refractivity contribution in [1.82, 2.24) is 10.2 Å². The lowest BCUT2D eigenvalue weighted by atomic mass is 10.3. The zero-order valence-electron chi connectivity index (χ0n) is 9.21. The molecule has 0 saturated heterocycles. The topological polar surface area (TPSA) is 111 Å². The number of benzene rings is 1. The monoisotopic (exact) mass is 272 g/mol. The van der Waals surface area contributed by atoms with E-state index in [2.05, 4.69) is 10.2 Å². The standard InChI is InChI=1S/C9H9FN4O3S/c1-5-12-13-9(17-5)14-18(15,16)8-3-2-6(11)4-7(8)10/h2-4H,11H2,1H3,(H,13,14). The van der Waals surface area contributed by atoms with Crippen molar-refractivity contribution in [2.45, 2.75) is 11.8 Å². The van der Waals surface area contributed by atoms with Gasteiger partial charge < -0.3 is 10.2 Å². The Bertz CT molecular complexity index is 683. The largest absolute Gasteiger partial charge is 0.408 e. The SMILES string of the molecule is Cc1nnc(NS(=O)(=O)c2ccc(N)cc2F)o1. The molecule has 0 spiro atoms. The fourth-order valence-corrected chi connectivity index (χ4v) is 2.23. The molecular formula is C9H9FN4O3S. The summed E-state index contributed by atoms with van der Waals surface area (Å²) in [6, 6.07) is 2.91. The highest BCUT2D eigenvalue weighted by atomic mass is 32.2. The van der Waals surface area contributed by atoms with Crippen LogP contribution in [0.1, 0.15) is 5.89 Å². The predicted octanol–water partition coefficient (Wildman–Crippen LogP) is 0.900. The van der Waals surface area contributed by atoms with Gasteiger partial charge in [0.2, 0.25) is 5.89 Å². The van der Waals surface area contributed by atoms with E-state index in [9.17, 15) is 12.8 Å². The summed E-state index contributed by atoms with van der Waals surface area (Å²) < 4.78 is 43.9. The second-order valence-electron chi connectivity index (χ2n) is 3.42. The number of anilines is 2. The summed E-state index contributed by atoms with van der Waals surface area (Å²) in [5.41, 5.74) is 5.46. The third-order valence-corrected chi connectivity index (χ3v) is 3.35. The van der Waals surface area contributed by atoms with Gasteiger partial charge in [0.25, 0.3) is 10.0 Å². The van der Waals surface area contributed by atoms with Gasteiger partial charge in [-0.15, -0.1) is 5.10 Å². The fraction of sp³-hybridized carbons (Fsp3) is 0.111. The highest BCUT2D eigenvalue weighted by molar-refractivity contribution is 7.92. The van der Waals surface area contributed by atoms with Gasteiger partial charge in [0.15, 0.2) is 0 Å². The molecule has 1 heterocycles. The van der Waals surface area contributed by atoms with Crippen LogP contribution in [0.3, 0.4) is 0 Å². The lowest BCUT2D eigenvalue weighted by Gasteiger charge is -2.05. The van der Waals surface area contributed by atoms with E-state index in [-0.39, 0.29) is 17.6 Å². The molecule has 0 bridgehead atoms. The molecule has 0 radical (unpaired) electrons. The summed E-state index contributed by atoms with van der Waals surface area (Å²) in [7, 11) is -4.12. The van der Waals surface area contributed by atoms with Gasteiger partial charge in [-0.05, 0) is 18.2 Å². The molecule has 2 rings (SSSR count). The van der Waals surface area contributed by atoms with Gasteiger partial charge >= 0.3 is 6.01 Å². The third kappa shape index (κ3) is 2.40. The number of nitrogen functional groups attached to an aromatic ring is 1. The van der Waals surface area contributed by atoms with E-state index >= 15 is 0 Å². The number of nitrogens with one attached hydrogen (secondary N) is 1. The normalized spacial score (nSPS) is 11.4. The first-order valence-electron chi connectivity index (χ1n) is 4.76. The zero-order valence-corrected chi connectivity index (χ0v) is 10.0.